The largest absolute Gasteiger partial charge is 0.380 e. The first kappa shape index (κ1) is 6.12. The first-order valence-corrected chi connectivity index (χ1v) is 5.11. The predicted molar refractivity (Wildman–Crippen MR) is 40.5 cm³/mol. The Morgan fingerprint density at radius 1 is 1.11 bits per heavy atom. The molecule has 0 unspecified atom stereocenters. The van der Waals surface area contributed by atoms with Gasteiger partial charge in [-0.1, -0.05) is 0 Å². The van der Waals surface area contributed by atoms with Crippen molar-refractivity contribution in [3.8, 4) is 0 Å². The predicted octanol–water partition coefficient (Wildman–Crippen LogP) is 1.48. The standard InChI is InChI=1S/C7H13OP/c1-3-9-4-2-7(1)5-8-6-7/h9H,1-6H2. The molecule has 2 aliphatic heterocycles. The summed E-state index contributed by atoms with van der Waals surface area (Å²) in [5.41, 5.74) is 0.686. The lowest BCUT2D eigenvalue weighted by atomic mass is 9.80. The molecular formula is C7H13OP. The second kappa shape index (κ2) is 2.21. The SMILES string of the molecule is C1CC2(CCP1)COC2. The van der Waals surface area contributed by atoms with Crippen LogP contribution in [0.4, 0.5) is 0 Å². The van der Waals surface area contributed by atoms with Crippen LogP contribution in [-0.2, 0) is 4.74 Å². The topological polar surface area (TPSA) is 9.23 Å². The van der Waals surface area contributed by atoms with Crippen LogP contribution in [0.15, 0.2) is 0 Å². The molecule has 0 amide bonds. The van der Waals surface area contributed by atoms with Gasteiger partial charge in [-0.2, -0.15) is 0 Å². The van der Waals surface area contributed by atoms with E-state index in [-0.39, 0.29) is 0 Å². The molecule has 1 spiro atoms. The van der Waals surface area contributed by atoms with Gasteiger partial charge >= 0.3 is 0 Å². The van der Waals surface area contributed by atoms with Crippen LogP contribution < -0.4 is 0 Å². The van der Waals surface area contributed by atoms with Gasteiger partial charge in [0.15, 0.2) is 0 Å². The van der Waals surface area contributed by atoms with Gasteiger partial charge in [-0.25, -0.2) is 0 Å². The molecule has 0 radical (unpaired) electrons. The van der Waals surface area contributed by atoms with Gasteiger partial charge in [0.05, 0.1) is 13.2 Å². The van der Waals surface area contributed by atoms with Crippen LogP contribution in [0.25, 0.3) is 0 Å². The smallest absolute Gasteiger partial charge is 0.0545 e. The summed E-state index contributed by atoms with van der Waals surface area (Å²) in [6.07, 6.45) is 5.85. The van der Waals surface area contributed by atoms with E-state index < -0.39 is 0 Å². The minimum Gasteiger partial charge on any atom is -0.380 e. The minimum absolute atomic E-state index is 0.686. The first-order valence-electron chi connectivity index (χ1n) is 3.70. The van der Waals surface area contributed by atoms with E-state index in [0.29, 0.717) is 5.41 Å². The second-order valence-electron chi connectivity index (χ2n) is 3.24. The van der Waals surface area contributed by atoms with Crippen molar-refractivity contribution in [2.45, 2.75) is 12.8 Å². The Morgan fingerprint density at radius 3 is 2.11 bits per heavy atom. The molecule has 1 nitrogen and oxygen atoms in total. The van der Waals surface area contributed by atoms with Crippen LogP contribution in [0.5, 0.6) is 0 Å². The molecule has 2 heteroatoms. The molecule has 0 aliphatic carbocycles. The molecule has 2 rings (SSSR count). The molecule has 0 saturated carbocycles. The number of rotatable bonds is 0. The van der Waals surface area contributed by atoms with Gasteiger partial charge < -0.3 is 4.74 Å². The maximum Gasteiger partial charge on any atom is 0.0545 e. The summed E-state index contributed by atoms with van der Waals surface area (Å²) in [5.74, 6) is 0. The van der Waals surface area contributed by atoms with Crippen LogP contribution in [0.3, 0.4) is 0 Å². The Labute approximate surface area is 57.9 Å². The average Bonchev–Trinajstić information content (AvgIpc) is 1.87. The lowest BCUT2D eigenvalue weighted by Crippen LogP contribution is -2.44. The first-order chi connectivity index (χ1) is 4.41. The van der Waals surface area contributed by atoms with Gasteiger partial charge in [0.25, 0.3) is 0 Å². The average molecular weight is 144 g/mol. The van der Waals surface area contributed by atoms with E-state index in [4.69, 9.17) is 4.74 Å². The Bertz CT molecular complexity index is 101. The van der Waals surface area contributed by atoms with Gasteiger partial charge in [-0.15, -0.1) is 8.58 Å². The highest BCUT2D eigenvalue weighted by atomic mass is 31.1. The fourth-order valence-corrected chi connectivity index (χ4v) is 3.30. The van der Waals surface area contributed by atoms with Crippen molar-refractivity contribution in [2.24, 2.45) is 5.41 Å². The van der Waals surface area contributed by atoms with E-state index in [9.17, 15) is 0 Å². The summed E-state index contributed by atoms with van der Waals surface area (Å²) in [6, 6.07) is 0. The van der Waals surface area contributed by atoms with Crippen LogP contribution in [-0.4, -0.2) is 25.5 Å². The van der Waals surface area contributed by atoms with Crippen LogP contribution in [0, 0.1) is 5.41 Å². The molecule has 2 saturated heterocycles. The molecule has 0 aromatic heterocycles. The van der Waals surface area contributed by atoms with Crippen molar-refractivity contribution in [1.29, 1.82) is 0 Å². The van der Waals surface area contributed by atoms with E-state index in [2.05, 4.69) is 0 Å². The molecule has 0 aromatic carbocycles. The van der Waals surface area contributed by atoms with Crippen molar-refractivity contribution in [3.63, 3.8) is 0 Å². The molecule has 9 heavy (non-hydrogen) atoms. The van der Waals surface area contributed by atoms with Gasteiger partial charge in [-0.05, 0) is 25.2 Å². The normalized spacial score (nSPS) is 32.0. The zero-order chi connectivity index (χ0) is 6.16. The van der Waals surface area contributed by atoms with Gasteiger partial charge in [-0.3, -0.25) is 0 Å². The van der Waals surface area contributed by atoms with E-state index in [1.165, 1.54) is 33.7 Å². The summed E-state index contributed by atoms with van der Waals surface area (Å²) in [6.45, 7) is 2.13. The van der Waals surface area contributed by atoms with Crippen molar-refractivity contribution < 1.29 is 4.74 Å². The highest BCUT2D eigenvalue weighted by Crippen LogP contribution is 2.42. The third kappa shape index (κ3) is 1.01. The number of hydrogen-bond acceptors (Lipinski definition) is 1. The van der Waals surface area contributed by atoms with Crippen molar-refractivity contribution in [2.75, 3.05) is 25.5 Å². The maximum atomic E-state index is 5.22. The molecule has 0 N–H and O–H groups in total. The third-order valence-electron chi connectivity index (χ3n) is 2.48. The summed E-state index contributed by atoms with van der Waals surface area (Å²) < 4.78 is 5.22. The molecule has 2 heterocycles. The molecule has 0 aromatic rings. The third-order valence-corrected chi connectivity index (χ3v) is 3.69. The van der Waals surface area contributed by atoms with E-state index in [1.807, 2.05) is 0 Å². The molecule has 52 valence electrons. The zero-order valence-electron chi connectivity index (χ0n) is 5.65. The summed E-state index contributed by atoms with van der Waals surface area (Å²) >= 11 is 0. The van der Waals surface area contributed by atoms with E-state index in [0.717, 1.165) is 13.2 Å². The summed E-state index contributed by atoms with van der Waals surface area (Å²) in [4.78, 5) is 0. The van der Waals surface area contributed by atoms with Gasteiger partial charge in [0.1, 0.15) is 0 Å². The van der Waals surface area contributed by atoms with Crippen molar-refractivity contribution in [1.82, 2.24) is 0 Å². The monoisotopic (exact) mass is 144 g/mol. The zero-order valence-corrected chi connectivity index (χ0v) is 6.65. The summed E-state index contributed by atoms with van der Waals surface area (Å²) in [5, 5.41) is 0. The van der Waals surface area contributed by atoms with Crippen molar-refractivity contribution >= 4 is 8.58 Å². The Balaban J connectivity index is 1.93. The van der Waals surface area contributed by atoms with Crippen LogP contribution in [0.1, 0.15) is 12.8 Å². The highest BCUT2D eigenvalue weighted by Gasteiger charge is 2.38. The molecular weight excluding hydrogens is 131 g/mol. The van der Waals surface area contributed by atoms with E-state index >= 15 is 0 Å². The molecule has 0 bridgehead atoms. The second-order valence-corrected chi connectivity index (χ2v) is 4.74. The lowest BCUT2D eigenvalue weighted by Gasteiger charge is -2.44. The maximum absolute atomic E-state index is 5.22. The molecule has 2 fully saturated rings. The molecule has 0 atom stereocenters. The minimum atomic E-state index is 0.686. The Kier molecular flexibility index (Phi) is 1.51. The van der Waals surface area contributed by atoms with Crippen LogP contribution in [0.2, 0.25) is 0 Å². The van der Waals surface area contributed by atoms with Crippen LogP contribution >= 0.6 is 8.58 Å². The summed E-state index contributed by atoms with van der Waals surface area (Å²) in [7, 11) is 1.25. The van der Waals surface area contributed by atoms with Gasteiger partial charge in [0.2, 0.25) is 0 Å². The Morgan fingerprint density at radius 2 is 1.78 bits per heavy atom. The fourth-order valence-electron chi connectivity index (χ4n) is 1.64. The molecule has 2 aliphatic rings. The number of hydrogen-bond donors (Lipinski definition) is 0. The highest BCUT2D eigenvalue weighted by molar-refractivity contribution is 7.38. The van der Waals surface area contributed by atoms with Gasteiger partial charge in [0, 0.05) is 5.41 Å². The van der Waals surface area contributed by atoms with E-state index in [1.54, 1.807) is 0 Å². The lowest BCUT2D eigenvalue weighted by molar-refractivity contribution is -0.117. The Hall–Kier alpha value is 0.390. The van der Waals surface area contributed by atoms with Crippen molar-refractivity contribution in [3.05, 3.63) is 0 Å². The quantitative estimate of drug-likeness (QED) is 0.468. The fraction of sp³-hybridized carbons (Fsp3) is 1.00. The number of ether oxygens (including phenoxy) is 1.